The van der Waals surface area contributed by atoms with Crippen LogP contribution in [-0.2, 0) is 38.5 Å². The molecule has 0 unspecified atom stereocenters. The number of rotatable bonds is 9. The van der Waals surface area contributed by atoms with Gasteiger partial charge in [-0.2, -0.15) is 35.9 Å². The Kier molecular flexibility index (Phi) is 19.9. The zero-order valence-electron chi connectivity index (χ0n) is 13.3. The second kappa shape index (κ2) is 18.0. The molecule has 0 bridgehead atoms. The van der Waals surface area contributed by atoms with E-state index < -0.39 is 0 Å². The normalized spacial score (nSPS) is 9.19. The summed E-state index contributed by atoms with van der Waals surface area (Å²) >= 11 is 8.26. The van der Waals surface area contributed by atoms with Gasteiger partial charge in [0.15, 0.2) is 0 Å². The van der Waals surface area contributed by atoms with Crippen LogP contribution in [0.4, 0.5) is 0 Å². The van der Waals surface area contributed by atoms with Crippen molar-refractivity contribution >= 4 is 29.2 Å². The van der Waals surface area contributed by atoms with Crippen LogP contribution in [0.1, 0.15) is 63.9 Å². The minimum Gasteiger partial charge on any atom is -0.415 e. The molecule has 0 heterocycles. The molecule has 0 saturated carbocycles. The van der Waals surface area contributed by atoms with E-state index in [-0.39, 0.29) is 23.8 Å². The van der Waals surface area contributed by atoms with Crippen molar-refractivity contribution in [1.82, 2.24) is 0 Å². The summed E-state index contributed by atoms with van der Waals surface area (Å²) in [4.78, 5) is 0. The van der Waals surface area contributed by atoms with E-state index in [9.17, 15) is 0 Å². The molecule has 0 aromatic heterocycles. The summed E-state index contributed by atoms with van der Waals surface area (Å²) in [5, 5.41) is 0. The Hall–Kier alpha value is -0.0466. The van der Waals surface area contributed by atoms with Crippen LogP contribution in [-0.4, -0.2) is 4.32 Å². The zero-order chi connectivity index (χ0) is 15.1. The first-order valence-corrected chi connectivity index (χ1v) is 8.40. The molecule has 0 amide bonds. The number of unbranched alkanes of at least 4 members (excludes halogenated alkanes) is 7. The fourth-order valence-electron chi connectivity index (χ4n) is 2.04. The summed E-state index contributed by atoms with van der Waals surface area (Å²) in [6.45, 7) is 2.27. The Bertz CT molecular complexity index is 327. The number of nitrogens with two attached hydrogens (primary N) is 1. The molecule has 0 aliphatic heterocycles. The number of benzene rings is 1. The standard InChI is InChI=1S/C16H25.CH3NS2.Zn/c1-2-3-4-5-6-7-8-10-13-16-14-11-9-12-15-16;2-1(3)4;/h9,11-12,14H,2-8,10,13H2,1H3;(H3,2,3,4);/q-1;;+2/p-1. The second-order valence-corrected chi connectivity index (χ2v) is 6.07. The molecule has 0 aliphatic rings. The van der Waals surface area contributed by atoms with Gasteiger partial charge < -0.3 is 30.6 Å². The van der Waals surface area contributed by atoms with Gasteiger partial charge in [0.25, 0.3) is 0 Å². The Morgan fingerprint density at radius 2 is 1.62 bits per heavy atom. The minimum atomic E-state index is 0. The van der Waals surface area contributed by atoms with Crippen molar-refractivity contribution in [1.29, 1.82) is 0 Å². The maximum atomic E-state index is 4.66. The summed E-state index contributed by atoms with van der Waals surface area (Å²) in [5.74, 6) is 0. The SMILES string of the molecule is CCCCCCCCCCc1[c-]cccc1.NC(=S)[S-].[Zn+2]. The molecule has 114 valence electrons. The summed E-state index contributed by atoms with van der Waals surface area (Å²) in [5.41, 5.74) is 6.03. The van der Waals surface area contributed by atoms with Crippen LogP contribution in [0.25, 0.3) is 0 Å². The molecule has 1 aromatic rings. The molecule has 0 atom stereocenters. The first kappa shape index (κ1) is 23.2. The molecule has 0 radical (unpaired) electrons. The van der Waals surface area contributed by atoms with Gasteiger partial charge in [0, 0.05) is 0 Å². The number of hydrogen-bond acceptors (Lipinski definition) is 2. The van der Waals surface area contributed by atoms with Crippen LogP contribution in [0.15, 0.2) is 24.3 Å². The van der Waals surface area contributed by atoms with Gasteiger partial charge in [-0.25, -0.2) is 0 Å². The van der Waals surface area contributed by atoms with Crippen molar-refractivity contribution in [3.8, 4) is 0 Å². The Morgan fingerprint density at radius 3 is 2.10 bits per heavy atom. The summed E-state index contributed by atoms with van der Waals surface area (Å²) in [7, 11) is 0. The van der Waals surface area contributed by atoms with Crippen LogP contribution in [0, 0.1) is 6.07 Å². The average molecular weight is 375 g/mol. The topological polar surface area (TPSA) is 26.0 Å². The van der Waals surface area contributed by atoms with Crippen LogP contribution < -0.4 is 5.73 Å². The van der Waals surface area contributed by atoms with E-state index in [0.717, 1.165) is 0 Å². The average Bonchev–Trinajstić information content (AvgIpc) is 2.42. The van der Waals surface area contributed by atoms with E-state index in [2.05, 4.69) is 55.7 Å². The van der Waals surface area contributed by atoms with E-state index in [1.807, 2.05) is 12.1 Å². The van der Waals surface area contributed by atoms with Crippen molar-refractivity contribution in [3.05, 3.63) is 35.9 Å². The fraction of sp³-hybridized carbons (Fsp3) is 0.588. The van der Waals surface area contributed by atoms with Crippen molar-refractivity contribution in [2.45, 2.75) is 64.7 Å². The van der Waals surface area contributed by atoms with Crippen molar-refractivity contribution in [2.75, 3.05) is 0 Å². The smallest absolute Gasteiger partial charge is 0.415 e. The van der Waals surface area contributed by atoms with Crippen molar-refractivity contribution in [2.24, 2.45) is 5.73 Å². The molecule has 1 aromatic carbocycles. The first-order valence-electron chi connectivity index (χ1n) is 7.58. The quantitative estimate of drug-likeness (QED) is 0.218. The maximum absolute atomic E-state index is 4.66. The third-order valence-corrected chi connectivity index (χ3v) is 3.07. The van der Waals surface area contributed by atoms with Crippen LogP contribution >= 0.6 is 12.2 Å². The molecule has 0 fully saturated rings. The van der Waals surface area contributed by atoms with Crippen LogP contribution in [0.2, 0.25) is 0 Å². The molecule has 0 saturated heterocycles. The molecule has 4 heteroatoms. The van der Waals surface area contributed by atoms with Crippen molar-refractivity contribution < 1.29 is 19.5 Å². The van der Waals surface area contributed by atoms with E-state index in [1.54, 1.807) is 0 Å². The van der Waals surface area contributed by atoms with Gasteiger partial charge in [-0.15, -0.1) is 0 Å². The van der Waals surface area contributed by atoms with Gasteiger partial charge in [0.05, 0.1) is 0 Å². The van der Waals surface area contributed by atoms with Gasteiger partial charge >= 0.3 is 19.5 Å². The molecular weight excluding hydrogens is 348 g/mol. The van der Waals surface area contributed by atoms with Gasteiger partial charge in [0.2, 0.25) is 0 Å². The third kappa shape index (κ3) is 20.0. The summed E-state index contributed by atoms with van der Waals surface area (Å²) < 4.78 is 0.0833. The van der Waals surface area contributed by atoms with Crippen LogP contribution in [0.5, 0.6) is 0 Å². The monoisotopic (exact) mass is 373 g/mol. The maximum Gasteiger partial charge on any atom is 2.00 e. The van der Waals surface area contributed by atoms with Crippen LogP contribution in [0.3, 0.4) is 0 Å². The Morgan fingerprint density at radius 1 is 1.10 bits per heavy atom. The van der Waals surface area contributed by atoms with E-state index >= 15 is 0 Å². The Balaban J connectivity index is 0. The molecule has 2 N–H and O–H groups in total. The largest absolute Gasteiger partial charge is 2.00 e. The van der Waals surface area contributed by atoms with Gasteiger partial charge in [-0.1, -0.05) is 69.0 Å². The van der Waals surface area contributed by atoms with Gasteiger partial charge in [-0.3, -0.25) is 0 Å². The fourth-order valence-corrected chi connectivity index (χ4v) is 2.04. The Labute approximate surface area is 154 Å². The predicted molar refractivity (Wildman–Crippen MR) is 95.7 cm³/mol. The zero-order valence-corrected chi connectivity index (χ0v) is 17.9. The van der Waals surface area contributed by atoms with E-state index in [0.29, 0.717) is 0 Å². The number of thiocarbonyl (C=S) groups is 1. The molecule has 0 spiro atoms. The molecule has 21 heavy (non-hydrogen) atoms. The molecule has 1 nitrogen and oxygen atoms in total. The molecule has 0 aliphatic carbocycles. The molecule has 1 rings (SSSR count). The van der Waals surface area contributed by atoms with Crippen molar-refractivity contribution in [3.63, 3.8) is 0 Å². The predicted octanol–water partition coefficient (Wildman–Crippen LogP) is 4.94. The molecular formula is C17H27NS2Zn. The third-order valence-electron chi connectivity index (χ3n) is 3.07. The summed E-state index contributed by atoms with van der Waals surface area (Å²) in [6, 6.07) is 11.6. The second-order valence-electron chi connectivity index (χ2n) is 4.93. The van der Waals surface area contributed by atoms with Gasteiger partial charge in [-0.05, 0) is 0 Å². The van der Waals surface area contributed by atoms with E-state index in [1.165, 1.54) is 63.4 Å². The minimum absolute atomic E-state index is 0. The number of hydrogen-bond donors (Lipinski definition) is 1. The first-order chi connectivity index (χ1) is 9.66. The summed E-state index contributed by atoms with van der Waals surface area (Å²) in [6.07, 6.45) is 12.4. The van der Waals surface area contributed by atoms with E-state index in [4.69, 9.17) is 0 Å². The van der Waals surface area contributed by atoms with Gasteiger partial charge in [0.1, 0.15) is 0 Å². The number of aryl methyl sites for hydroxylation is 1.